The predicted octanol–water partition coefficient (Wildman–Crippen LogP) is 13.8. The van der Waals surface area contributed by atoms with Gasteiger partial charge in [0.15, 0.2) is 0 Å². The number of fused-ring (bicyclic) bond motifs is 8. The smallest absolute Gasteiger partial charge is 0.147 e. The van der Waals surface area contributed by atoms with Crippen molar-refractivity contribution in [3.63, 3.8) is 0 Å². The molecule has 232 valence electrons. The zero-order valence-electron chi connectivity index (χ0n) is 27.0. The van der Waals surface area contributed by atoms with Crippen LogP contribution in [0.5, 0.6) is 0 Å². The van der Waals surface area contributed by atoms with Crippen LogP contribution >= 0.6 is 0 Å². The zero-order chi connectivity index (χ0) is 32.5. The van der Waals surface area contributed by atoms with Crippen molar-refractivity contribution in [1.82, 2.24) is 0 Å². The monoisotopic (exact) mass is 636 g/mol. The molecular weight excluding hydrogens is 609 g/mol. The van der Waals surface area contributed by atoms with Crippen LogP contribution < -0.4 is 0 Å². The first-order valence-corrected chi connectivity index (χ1v) is 17.5. The van der Waals surface area contributed by atoms with Gasteiger partial charge >= 0.3 is 0 Å². The fraction of sp³-hybridized carbons (Fsp3) is 0.0417. The number of hydrogen-bond acceptors (Lipinski definition) is 2. The molecule has 0 saturated carbocycles. The number of furan rings is 2. The first-order chi connectivity index (χ1) is 24.8. The Bertz CT molecular complexity index is 3040. The summed E-state index contributed by atoms with van der Waals surface area (Å²) in [6.45, 7) is 0. The van der Waals surface area contributed by atoms with Crippen LogP contribution in [0, 0.1) is 0 Å². The molecule has 1 unspecified atom stereocenters. The third-order valence-electron chi connectivity index (χ3n) is 11.3. The van der Waals surface area contributed by atoms with Gasteiger partial charge in [-0.05, 0) is 84.8 Å². The van der Waals surface area contributed by atoms with Gasteiger partial charge < -0.3 is 8.83 Å². The van der Waals surface area contributed by atoms with Gasteiger partial charge in [0.2, 0.25) is 0 Å². The van der Waals surface area contributed by atoms with Crippen LogP contribution in [0.2, 0.25) is 0 Å². The lowest BCUT2D eigenvalue weighted by molar-refractivity contribution is 0.658. The molecule has 2 aliphatic rings. The largest absolute Gasteiger partial charge is 0.455 e. The number of benzene rings is 8. The molecule has 2 heterocycles. The van der Waals surface area contributed by atoms with Gasteiger partial charge in [-0.2, -0.15) is 0 Å². The van der Waals surface area contributed by atoms with Crippen molar-refractivity contribution in [1.29, 1.82) is 0 Å². The summed E-state index contributed by atoms with van der Waals surface area (Å²) < 4.78 is 13.6. The molecule has 8 aromatic carbocycles. The molecule has 0 fully saturated rings. The Hall–Kier alpha value is -6.38. The average Bonchev–Trinajstić information content (AvgIpc) is 3.74. The third-order valence-corrected chi connectivity index (χ3v) is 11.3. The van der Waals surface area contributed by atoms with Gasteiger partial charge in [-0.15, -0.1) is 0 Å². The Labute approximate surface area is 287 Å². The molecule has 10 aromatic rings. The molecule has 0 amide bonds. The normalized spacial score (nSPS) is 15.2. The van der Waals surface area contributed by atoms with Crippen molar-refractivity contribution in [3.05, 3.63) is 156 Å². The Balaban J connectivity index is 1.27. The van der Waals surface area contributed by atoms with E-state index in [1.54, 1.807) is 0 Å². The molecule has 12 rings (SSSR count). The zero-order valence-corrected chi connectivity index (χ0v) is 27.0. The lowest BCUT2D eigenvalue weighted by Gasteiger charge is -2.27. The maximum absolute atomic E-state index is 6.82. The molecule has 0 N–H and O–H groups in total. The molecule has 0 radical (unpaired) electrons. The number of allylic oxidation sites excluding steroid dienone is 2. The standard InChI is InChI=1S/C48H28O2/c1-3-16-34-32(14-1)44(37-25-23-29-21-20-27-10-9-11-28-22-24-36(37)43(29)42(27)28)33-15-2-4-17-35(33)45(34)46-47-38(30-12-5-7-18-40(30)49-47)26-39-31-13-6-8-19-41(31)50-48(39)46/h1-10,12-26,28H,11H2. The highest BCUT2D eigenvalue weighted by molar-refractivity contribution is 6.30. The molecule has 2 heteroatoms. The molecule has 50 heavy (non-hydrogen) atoms. The van der Waals surface area contributed by atoms with Gasteiger partial charge in [-0.3, -0.25) is 0 Å². The molecule has 0 aliphatic heterocycles. The highest BCUT2D eigenvalue weighted by atomic mass is 16.3. The van der Waals surface area contributed by atoms with Crippen LogP contribution in [-0.4, -0.2) is 0 Å². The summed E-state index contributed by atoms with van der Waals surface area (Å²) in [6, 6.07) is 46.1. The summed E-state index contributed by atoms with van der Waals surface area (Å²) in [5, 5.41) is 11.9. The van der Waals surface area contributed by atoms with Crippen LogP contribution in [0.4, 0.5) is 0 Å². The van der Waals surface area contributed by atoms with E-state index in [2.05, 4.69) is 140 Å². The van der Waals surface area contributed by atoms with Crippen molar-refractivity contribution >= 4 is 88.3 Å². The summed E-state index contributed by atoms with van der Waals surface area (Å²) in [5.41, 5.74) is 12.3. The first kappa shape index (κ1) is 26.6. The van der Waals surface area contributed by atoms with Crippen LogP contribution in [0.3, 0.4) is 0 Å². The predicted molar refractivity (Wildman–Crippen MR) is 210 cm³/mol. The molecular formula is C48H28O2. The van der Waals surface area contributed by atoms with Crippen LogP contribution in [0.15, 0.2) is 148 Å². The van der Waals surface area contributed by atoms with Gasteiger partial charge in [0.25, 0.3) is 0 Å². The highest BCUT2D eigenvalue weighted by Gasteiger charge is 2.28. The lowest BCUT2D eigenvalue weighted by Crippen LogP contribution is -2.07. The van der Waals surface area contributed by atoms with E-state index in [0.29, 0.717) is 5.92 Å². The number of para-hydroxylation sites is 2. The summed E-state index contributed by atoms with van der Waals surface area (Å²) in [6.07, 6.45) is 10.5. The Morgan fingerprint density at radius 2 is 1.04 bits per heavy atom. The fourth-order valence-electron chi connectivity index (χ4n) is 9.22. The van der Waals surface area contributed by atoms with Crippen molar-refractivity contribution < 1.29 is 8.83 Å². The topological polar surface area (TPSA) is 26.3 Å². The Morgan fingerprint density at radius 3 is 1.68 bits per heavy atom. The van der Waals surface area contributed by atoms with Gasteiger partial charge in [-0.25, -0.2) is 0 Å². The van der Waals surface area contributed by atoms with Crippen molar-refractivity contribution in [2.24, 2.45) is 0 Å². The van der Waals surface area contributed by atoms with E-state index in [0.717, 1.165) is 61.4 Å². The molecule has 2 aromatic heterocycles. The summed E-state index contributed by atoms with van der Waals surface area (Å²) in [7, 11) is 0. The van der Waals surface area contributed by atoms with E-state index >= 15 is 0 Å². The van der Waals surface area contributed by atoms with Gasteiger partial charge in [0.1, 0.15) is 22.3 Å². The lowest BCUT2D eigenvalue weighted by atomic mass is 9.76. The van der Waals surface area contributed by atoms with Gasteiger partial charge in [0, 0.05) is 33.0 Å². The average molecular weight is 637 g/mol. The Kier molecular flexibility index (Phi) is 5.11. The quantitative estimate of drug-likeness (QED) is 0.177. The second-order valence-electron chi connectivity index (χ2n) is 13.8. The third kappa shape index (κ3) is 3.38. The van der Waals surface area contributed by atoms with E-state index in [9.17, 15) is 0 Å². The molecule has 2 aliphatic carbocycles. The van der Waals surface area contributed by atoms with E-state index in [1.165, 1.54) is 60.1 Å². The second-order valence-corrected chi connectivity index (χ2v) is 13.8. The van der Waals surface area contributed by atoms with E-state index in [1.807, 2.05) is 12.1 Å². The van der Waals surface area contributed by atoms with Crippen LogP contribution in [0.25, 0.3) is 111 Å². The highest BCUT2D eigenvalue weighted by Crippen LogP contribution is 2.52. The van der Waals surface area contributed by atoms with Gasteiger partial charge in [0.05, 0.1) is 5.56 Å². The van der Waals surface area contributed by atoms with Crippen molar-refractivity contribution in [2.75, 3.05) is 0 Å². The van der Waals surface area contributed by atoms with Crippen LogP contribution in [-0.2, 0) is 0 Å². The first-order valence-electron chi connectivity index (χ1n) is 17.5. The Morgan fingerprint density at radius 1 is 0.480 bits per heavy atom. The van der Waals surface area contributed by atoms with Crippen molar-refractivity contribution in [2.45, 2.75) is 12.3 Å². The van der Waals surface area contributed by atoms with E-state index < -0.39 is 0 Å². The minimum atomic E-state index is 0.424. The van der Waals surface area contributed by atoms with Crippen molar-refractivity contribution in [3.8, 4) is 22.3 Å². The van der Waals surface area contributed by atoms with Gasteiger partial charge in [-0.1, -0.05) is 133 Å². The molecule has 2 nitrogen and oxygen atoms in total. The molecule has 0 saturated heterocycles. The maximum atomic E-state index is 6.82. The maximum Gasteiger partial charge on any atom is 0.147 e. The van der Waals surface area contributed by atoms with Crippen LogP contribution in [0.1, 0.15) is 29.0 Å². The fourth-order valence-corrected chi connectivity index (χ4v) is 9.22. The molecule has 1 atom stereocenters. The molecule has 0 bridgehead atoms. The number of rotatable bonds is 2. The summed E-state index contributed by atoms with van der Waals surface area (Å²) in [4.78, 5) is 0. The molecule has 0 spiro atoms. The number of hydrogen-bond donors (Lipinski definition) is 0. The summed E-state index contributed by atoms with van der Waals surface area (Å²) in [5.74, 6) is 0.424. The van der Waals surface area contributed by atoms with E-state index in [-0.39, 0.29) is 0 Å². The summed E-state index contributed by atoms with van der Waals surface area (Å²) >= 11 is 0. The minimum absolute atomic E-state index is 0.424. The second kappa shape index (κ2) is 9.62. The SMILES string of the molecule is C1=Cc2ccc3ccc(-c4c5ccccc5c(-c5c6oc7ccccc7c6cc6c5oc5ccccc56)c5ccccc45)c4c3c2C(C=C4)C1. The van der Waals surface area contributed by atoms with E-state index in [4.69, 9.17) is 8.83 Å². The minimum Gasteiger partial charge on any atom is -0.455 e.